The first-order valence-electron chi connectivity index (χ1n) is 5.46. The van der Waals surface area contributed by atoms with Gasteiger partial charge in [0.25, 0.3) is 10.0 Å². The molecule has 0 aliphatic heterocycles. The van der Waals surface area contributed by atoms with Gasteiger partial charge in [-0.25, -0.2) is 13.2 Å². The van der Waals surface area contributed by atoms with Crippen LogP contribution in [0, 0.1) is 0 Å². The van der Waals surface area contributed by atoms with E-state index in [0.29, 0.717) is 8.95 Å². The molecule has 0 fully saturated rings. The Labute approximate surface area is 137 Å². The molecule has 110 valence electrons. The number of anilines is 1. The summed E-state index contributed by atoms with van der Waals surface area (Å²) in [5.41, 5.74) is -0.194. The van der Waals surface area contributed by atoms with E-state index in [1.54, 1.807) is 6.07 Å². The zero-order valence-corrected chi connectivity index (χ0v) is 14.2. The number of sulfonamides is 1. The molecular weight excluding hydrogens is 428 g/mol. The van der Waals surface area contributed by atoms with E-state index in [1.165, 1.54) is 30.6 Å². The van der Waals surface area contributed by atoms with Crippen molar-refractivity contribution in [2.45, 2.75) is 4.90 Å². The summed E-state index contributed by atoms with van der Waals surface area (Å²) in [6, 6.07) is 5.73. The fourth-order valence-electron chi connectivity index (χ4n) is 1.54. The van der Waals surface area contributed by atoms with Crippen LogP contribution in [0.4, 0.5) is 5.69 Å². The average Bonchev–Trinajstić information content (AvgIpc) is 2.40. The number of carboxylic acid groups (broad SMARTS) is 1. The summed E-state index contributed by atoms with van der Waals surface area (Å²) in [4.78, 5) is 14.9. The third-order valence-electron chi connectivity index (χ3n) is 2.47. The minimum atomic E-state index is -3.95. The monoisotopic (exact) mass is 434 g/mol. The van der Waals surface area contributed by atoms with E-state index < -0.39 is 16.0 Å². The van der Waals surface area contributed by atoms with Gasteiger partial charge in [-0.05, 0) is 50.1 Å². The van der Waals surface area contributed by atoms with E-state index in [1.807, 2.05) is 0 Å². The van der Waals surface area contributed by atoms with Crippen molar-refractivity contribution >= 4 is 53.5 Å². The van der Waals surface area contributed by atoms with Crippen molar-refractivity contribution in [3.05, 3.63) is 51.2 Å². The van der Waals surface area contributed by atoms with Crippen molar-refractivity contribution in [3.8, 4) is 0 Å². The highest BCUT2D eigenvalue weighted by Gasteiger charge is 2.21. The maximum Gasteiger partial charge on any atom is 0.337 e. The number of para-hydroxylation sites is 1. The largest absolute Gasteiger partial charge is 0.478 e. The van der Waals surface area contributed by atoms with E-state index in [9.17, 15) is 13.2 Å². The SMILES string of the molecule is O=C(O)c1cccc(Br)c1NS(=O)(=O)c1cncc(Br)c1. The Bertz CT molecular complexity index is 809. The molecule has 0 aliphatic rings. The van der Waals surface area contributed by atoms with E-state index >= 15 is 0 Å². The Hall–Kier alpha value is -1.45. The predicted octanol–water partition coefficient (Wildman–Crippen LogP) is 3.11. The van der Waals surface area contributed by atoms with E-state index in [-0.39, 0.29) is 16.1 Å². The number of pyridine rings is 1. The first-order chi connectivity index (χ1) is 9.81. The number of carbonyl (C=O) groups is 1. The molecule has 0 saturated heterocycles. The molecule has 21 heavy (non-hydrogen) atoms. The molecule has 0 spiro atoms. The topological polar surface area (TPSA) is 96.4 Å². The number of aromatic nitrogens is 1. The van der Waals surface area contributed by atoms with Gasteiger partial charge in [0.1, 0.15) is 4.90 Å². The molecule has 2 rings (SSSR count). The van der Waals surface area contributed by atoms with Crippen molar-refractivity contribution < 1.29 is 18.3 Å². The minimum Gasteiger partial charge on any atom is -0.478 e. The normalized spacial score (nSPS) is 11.1. The number of aromatic carboxylic acids is 1. The van der Waals surface area contributed by atoms with Gasteiger partial charge < -0.3 is 5.11 Å². The minimum absolute atomic E-state index is 0.0371. The standard InChI is InChI=1S/C12H8Br2N2O4S/c13-7-4-8(6-15-5-7)21(19,20)16-11-9(12(17)18)2-1-3-10(11)14/h1-6,16H,(H,17,18). The molecule has 1 aromatic carbocycles. The molecule has 0 bridgehead atoms. The highest BCUT2D eigenvalue weighted by Crippen LogP contribution is 2.29. The van der Waals surface area contributed by atoms with Crippen molar-refractivity contribution in [2.75, 3.05) is 4.72 Å². The zero-order chi connectivity index (χ0) is 15.6. The number of nitrogens with one attached hydrogen (secondary N) is 1. The molecule has 1 heterocycles. The molecule has 0 atom stereocenters. The number of benzene rings is 1. The Morgan fingerprint density at radius 3 is 2.57 bits per heavy atom. The third-order valence-corrected chi connectivity index (χ3v) is 4.88. The first kappa shape index (κ1) is 15.9. The fourth-order valence-corrected chi connectivity index (χ4v) is 3.74. The zero-order valence-electron chi connectivity index (χ0n) is 10.2. The molecule has 0 saturated carbocycles. The van der Waals surface area contributed by atoms with Crippen molar-refractivity contribution in [2.24, 2.45) is 0 Å². The molecule has 1 aromatic heterocycles. The summed E-state index contributed by atoms with van der Waals surface area (Å²) in [5.74, 6) is -1.23. The Morgan fingerprint density at radius 1 is 1.24 bits per heavy atom. The number of halogens is 2. The molecule has 0 amide bonds. The highest BCUT2D eigenvalue weighted by molar-refractivity contribution is 9.10. The van der Waals surface area contributed by atoms with Crippen LogP contribution in [-0.2, 0) is 10.0 Å². The van der Waals surface area contributed by atoms with Gasteiger partial charge in [-0.1, -0.05) is 6.07 Å². The van der Waals surface area contributed by atoms with Crippen molar-refractivity contribution in [1.82, 2.24) is 4.98 Å². The Morgan fingerprint density at radius 2 is 1.95 bits per heavy atom. The van der Waals surface area contributed by atoms with Crippen LogP contribution in [0.2, 0.25) is 0 Å². The number of nitrogens with zero attached hydrogens (tertiary/aromatic N) is 1. The van der Waals surface area contributed by atoms with Gasteiger partial charge in [-0.15, -0.1) is 0 Å². The highest BCUT2D eigenvalue weighted by atomic mass is 79.9. The van der Waals surface area contributed by atoms with E-state index in [2.05, 4.69) is 41.6 Å². The van der Waals surface area contributed by atoms with Crippen LogP contribution in [0.25, 0.3) is 0 Å². The maximum absolute atomic E-state index is 12.3. The van der Waals surface area contributed by atoms with Crippen LogP contribution in [0.1, 0.15) is 10.4 Å². The fraction of sp³-hybridized carbons (Fsp3) is 0. The molecule has 0 aliphatic carbocycles. The number of hydrogen-bond acceptors (Lipinski definition) is 4. The second-order valence-corrected chi connectivity index (χ2v) is 7.36. The van der Waals surface area contributed by atoms with Gasteiger partial charge in [0.2, 0.25) is 0 Å². The van der Waals surface area contributed by atoms with Crippen LogP contribution in [-0.4, -0.2) is 24.5 Å². The summed E-state index contributed by atoms with van der Waals surface area (Å²) >= 11 is 6.27. The lowest BCUT2D eigenvalue weighted by Crippen LogP contribution is -2.16. The van der Waals surface area contributed by atoms with Crippen LogP contribution >= 0.6 is 31.9 Å². The van der Waals surface area contributed by atoms with Crippen molar-refractivity contribution in [1.29, 1.82) is 0 Å². The smallest absolute Gasteiger partial charge is 0.337 e. The number of hydrogen-bond donors (Lipinski definition) is 2. The first-order valence-corrected chi connectivity index (χ1v) is 8.53. The average molecular weight is 436 g/mol. The second kappa shape index (κ2) is 6.12. The summed E-state index contributed by atoms with van der Waals surface area (Å²) in [7, 11) is -3.95. The number of rotatable bonds is 4. The quantitative estimate of drug-likeness (QED) is 0.768. The van der Waals surface area contributed by atoms with E-state index in [0.717, 1.165) is 0 Å². The maximum atomic E-state index is 12.3. The van der Waals surface area contributed by atoms with Gasteiger partial charge in [0.05, 0.1) is 11.3 Å². The van der Waals surface area contributed by atoms with Crippen molar-refractivity contribution in [3.63, 3.8) is 0 Å². The molecule has 2 N–H and O–H groups in total. The van der Waals surface area contributed by atoms with Crippen LogP contribution < -0.4 is 4.72 Å². The summed E-state index contributed by atoms with van der Waals surface area (Å²) in [5, 5.41) is 9.13. The molecule has 0 unspecified atom stereocenters. The Balaban J connectivity index is 2.49. The van der Waals surface area contributed by atoms with Crippen LogP contribution in [0.3, 0.4) is 0 Å². The summed E-state index contributed by atoms with van der Waals surface area (Å²) in [6.07, 6.45) is 2.62. The number of carboxylic acids is 1. The lowest BCUT2D eigenvalue weighted by atomic mass is 10.2. The molecule has 2 aromatic rings. The third kappa shape index (κ3) is 3.60. The molecular formula is C12H8Br2N2O4S. The van der Waals surface area contributed by atoms with Crippen LogP contribution in [0.5, 0.6) is 0 Å². The Kier molecular flexibility index (Phi) is 4.64. The van der Waals surface area contributed by atoms with Gasteiger partial charge in [-0.3, -0.25) is 9.71 Å². The summed E-state index contributed by atoms with van der Waals surface area (Å²) < 4.78 is 27.7. The molecule has 6 nitrogen and oxygen atoms in total. The van der Waals surface area contributed by atoms with E-state index in [4.69, 9.17) is 5.11 Å². The molecule has 0 radical (unpaired) electrons. The molecule has 9 heteroatoms. The summed E-state index contributed by atoms with van der Waals surface area (Å²) in [6.45, 7) is 0. The van der Waals surface area contributed by atoms with Crippen LogP contribution in [0.15, 0.2) is 50.5 Å². The second-order valence-electron chi connectivity index (χ2n) is 3.91. The lowest BCUT2D eigenvalue weighted by Gasteiger charge is -2.12. The van der Waals surface area contributed by atoms with Gasteiger partial charge in [-0.2, -0.15) is 0 Å². The van der Waals surface area contributed by atoms with Gasteiger partial charge in [0, 0.05) is 21.3 Å². The van der Waals surface area contributed by atoms with Gasteiger partial charge >= 0.3 is 5.97 Å². The predicted molar refractivity (Wildman–Crippen MR) is 83.8 cm³/mol. The van der Waals surface area contributed by atoms with Gasteiger partial charge in [0.15, 0.2) is 0 Å². The lowest BCUT2D eigenvalue weighted by molar-refractivity contribution is 0.0698.